The monoisotopic (exact) mass is 182 g/mol. The van der Waals surface area contributed by atoms with Gasteiger partial charge >= 0.3 is 0 Å². The summed E-state index contributed by atoms with van der Waals surface area (Å²) >= 11 is 0. The molecular weight excluding hydrogens is 160 g/mol. The molecule has 0 radical (unpaired) electrons. The van der Waals surface area contributed by atoms with Crippen LogP contribution in [-0.4, -0.2) is 5.78 Å². The van der Waals surface area contributed by atoms with Crippen LogP contribution in [0.2, 0.25) is 0 Å². The van der Waals surface area contributed by atoms with Crippen molar-refractivity contribution in [3.05, 3.63) is 0 Å². The van der Waals surface area contributed by atoms with Crippen LogP contribution < -0.4 is 0 Å². The lowest BCUT2D eigenvalue weighted by molar-refractivity contribution is -0.122. The summed E-state index contributed by atoms with van der Waals surface area (Å²) in [5.41, 5.74) is 0. The molecule has 1 unspecified atom stereocenters. The Morgan fingerprint density at radius 3 is 2.85 bits per heavy atom. The van der Waals surface area contributed by atoms with Gasteiger partial charge < -0.3 is 0 Å². The van der Waals surface area contributed by atoms with Crippen LogP contribution in [0.25, 0.3) is 0 Å². The molecule has 1 aliphatic rings. The Morgan fingerprint density at radius 1 is 1.23 bits per heavy atom. The summed E-state index contributed by atoms with van der Waals surface area (Å²) in [5.74, 6) is 0.975. The average molecular weight is 182 g/mol. The topological polar surface area (TPSA) is 17.1 Å². The maximum absolute atomic E-state index is 11.6. The molecule has 1 aliphatic carbocycles. The highest BCUT2D eigenvalue weighted by molar-refractivity contribution is 5.81. The highest BCUT2D eigenvalue weighted by Crippen LogP contribution is 2.24. The zero-order chi connectivity index (χ0) is 9.52. The molecule has 13 heavy (non-hydrogen) atoms. The van der Waals surface area contributed by atoms with Crippen LogP contribution in [0.4, 0.5) is 0 Å². The fraction of sp³-hybridized carbons (Fsp3) is 0.917. The molecule has 1 atom stereocenters. The van der Waals surface area contributed by atoms with E-state index in [0.717, 1.165) is 19.3 Å². The number of ketones is 1. The summed E-state index contributed by atoms with van der Waals surface area (Å²) in [4.78, 5) is 11.6. The molecule has 0 saturated heterocycles. The van der Waals surface area contributed by atoms with Crippen LogP contribution in [-0.2, 0) is 4.79 Å². The molecule has 1 rings (SSSR count). The van der Waals surface area contributed by atoms with Gasteiger partial charge in [-0.2, -0.15) is 0 Å². The number of Topliss-reactive ketones (excluding diaryl/α,β-unsaturated/α-hetero) is 1. The van der Waals surface area contributed by atoms with Gasteiger partial charge in [-0.1, -0.05) is 39.0 Å². The fourth-order valence-electron chi connectivity index (χ4n) is 2.18. The van der Waals surface area contributed by atoms with E-state index in [1.54, 1.807) is 0 Å². The Kier molecular flexibility index (Phi) is 5.10. The molecule has 0 aliphatic heterocycles. The number of hydrogen-bond acceptors (Lipinski definition) is 1. The number of rotatable bonds is 4. The Labute approximate surface area is 81.9 Å². The Hall–Kier alpha value is -0.330. The highest BCUT2D eigenvalue weighted by atomic mass is 16.1. The minimum absolute atomic E-state index is 0.425. The predicted molar refractivity (Wildman–Crippen MR) is 55.7 cm³/mol. The lowest BCUT2D eigenvalue weighted by Crippen LogP contribution is -2.12. The number of unbranched alkanes of at least 4 members (excludes halogenated alkanes) is 2. The second kappa shape index (κ2) is 6.17. The van der Waals surface area contributed by atoms with Crippen molar-refractivity contribution in [2.24, 2.45) is 5.92 Å². The molecule has 1 heteroatoms. The van der Waals surface area contributed by atoms with Gasteiger partial charge in [0.2, 0.25) is 0 Å². The molecule has 76 valence electrons. The quantitative estimate of drug-likeness (QED) is 0.478. The van der Waals surface area contributed by atoms with Crippen molar-refractivity contribution < 1.29 is 4.79 Å². The zero-order valence-electron chi connectivity index (χ0n) is 8.85. The van der Waals surface area contributed by atoms with Crippen LogP contribution in [0, 0.1) is 5.92 Å². The molecule has 0 amide bonds. The van der Waals surface area contributed by atoms with Gasteiger partial charge in [0.1, 0.15) is 5.78 Å². The summed E-state index contributed by atoms with van der Waals surface area (Å²) in [5, 5.41) is 0. The predicted octanol–water partition coefficient (Wildman–Crippen LogP) is 3.72. The van der Waals surface area contributed by atoms with E-state index in [0.29, 0.717) is 11.7 Å². The smallest absolute Gasteiger partial charge is 0.135 e. The van der Waals surface area contributed by atoms with Crippen molar-refractivity contribution >= 4 is 5.78 Å². The molecule has 0 aromatic rings. The molecule has 1 nitrogen and oxygen atoms in total. The van der Waals surface area contributed by atoms with Crippen molar-refractivity contribution in [2.45, 2.75) is 64.7 Å². The van der Waals surface area contributed by atoms with Crippen molar-refractivity contribution in [2.75, 3.05) is 0 Å². The van der Waals surface area contributed by atoms with E-state index in [1.165, 1.54) is 38.5 Å². The Morgan fingerprint density at radius 2 is 2.08 bits per heavy atom. The third kappa shape index (κ3) is 3.93. The second-order valence-corrected chi connectivity index (χ2v) is 4.26. The van der Waals surface area contributed by atoms with Crippen molar-refractivity contribution in [3.8, 4) is 0 Å². The number of carbonyl (C=O) groups excluding carboxylic acids is 1. The van der Waals surface area contributed by atoms with Gasteiger partial charge in [0, 0.05) is 12.3 Å². The molecule has 0 aromatic heterocycles. The van der Waals surface area contributed by atoms with E-state index < -0.39 is 0 Å². The summed E-state index contributed by atoms with van der Waals surface area (Å²) in [6.07, 6.45) is 10.7. The maximum Gasteiger partial charge on any atom is 0.135 e. The minimum Gasteiger partial charge on any atom is -0.299 e. The van der Waals surface area contributed by atoms with Crippen molar-refractivity contribution in [1.29, 1.82) is 0 Å². The van der Waals surface area contributed by atoms with Crippen LogP contribution in [0.15, 0.2) is 0 Å². The fourth-order valence-corrected chi connectivity index (χ4v) is 2.18. The second-order valence-electron chi connectivity index (χ2n) is 4.26. The first-order chi connectivity index (χ1) is 6.34. The molecule has 0 aromatic carbocycles. The Bertz CT molecular complexity index is 151. The zero-order valence-corrected chi connectivity index (χ0v) is 8.85. The third-order valence-electron chi connectivity index (χ3n) is 3.09. The molecule has 0 spiro atoms. The molecule has 0 N–H and O–H groups in total. The first-order valence-electron chi connectivity index (χ1n) is 5.87. The van der Waals surface area contributed by atoms with E-state index in [2.05, 4.69) is 6.92 Å². The molecule has 0 bridgehead atoms. The van der Waals surface area contributed by atoms with E-state index in [9.17, 15) is 4.79 Å². The SMILES string of the molecule is CCCCCC1CCCCCC1=O. The van der Waals surface area contributed by atoms with E-state index in [-0.39, 0.29) is 0 Å². The summed E-state index contributed by atoms with van der Waals surface area (Å²) in [7, 11) is 0. The van der Waals surface area contributed by atoms with E-state index in [4.69, 9.17) is 0 Å². The largest absolute Gasteiger partial charge is 0.299 e. The normalized spacial score (nSPS) is 24.4. The van der Waals surface area contributed by atoms with E-state index >= 15 is 0 Å². The van der Waals surface area contributed by atoms with Crippen LogP contribution in [0.1, 0.15) is 64.7 Å². The van der Waals surface area contributed by atoms with Crippen LogP contribution >= 0.6 is 0 Å². The van der Waals surface area contributed by atoms with Gasteiger partial charge in [-0.25, -0.2) is 0 Å². The molecule has 1 fully saturated rings. The van der Waals surface area contributed by atoms with Gasteiger partial charge in [0.05, 0.1) is 0 Å². The molecular formula is C12H22O. The van der Waals surface area contributed by atoms with Gasteiger partial charge in [-0.15, -0.1) is 0 Å². The van der Waals surface area contributed by atoms with Crippen LogP contribution in [0.5, 0.6) is 0 Å². The Balaban J connectivity index is 2.24. The summed E-state index contributed by atoms with van der Waals surface area (Å²) in [6.45, 7) is 2.22. The minimum atomic E-state index is 0.425. The van der Waals surface area contributed by atoms with Gasteiger partial charge in [-0.05, 0) is 19.3 Å². The summed E-state index contributed by atoms with van der Waals surface area (Å²) in [6, 6.07) is 0. The lowest BCUT2D eigenvalue weighted by atomic mass is 9.93. The first kappa shape index (κ1) is 10.7. The van der Waals surface area contributed by atoms with Crippen molar-refractivity contribution in [1.82, 2.24) is 0 Å². The van der Waals surface area contributed by atoms with Crippen molar-refractivity contribution in [3.63, 3.8) is 0 Å². The van der Waals surface area contributed by atoms with E-state index in [1.807, 2.05) is 0 Å². The average Bonchev–Trinajstić information content (AvgIpc) is 2.32. The maximum atomic E-state index is 11.6. The molecule has 0 heterocycles. The van der Waals surface area contributed by atoms with Gasteiger partial charge in [0.25, 0.3) is 0 Å². The summed E-state index contributed by atoms with van der Waals surface area (Å²) < 4.78 is 0. The van der Waals surface area contributed by atoms with Gasteiger partial charge in [0.15, 0.2) is 0 Å². The number of carbonyl (C=O) groups is 1. The highest BCUT2D eigenvalue weighted by Gasteiger charge is 2.19. The van der Waals surface area contributed by atoms with Gasteiger partial charge in [-0.3, -0.25) is 4.79 Å². The molecule has 1 saturated carbocycles. The lowest BCUT2D eigenvalue weighted by Gasteiger charge is -2.11. The third-order valence-corrected chi connectivity index (χ3v) is 3.09. The number of hydrogen-bond donors (Lipinski definition) is 0. The standard InChI is InChI=1S/C12H22O/c1-2-3-5-8-11-9-6-4-7-10-12(11)13/h11H,2-10H2,1H3. The first-order valence-corrected chi connectivity index (χ1v) is 5.87. The van der Waals surface area contributed by atoms with Crippen LogP contribution in [0.3, 0.4) is 0 Å².